The van der Waals surface area contributed by atoms with Crippen LogP contribution in [0.4, 0.5) is 11.6 Å². The molecule has 0 amide bonds. The number of ether oxygens (including phenoxy) is 2. The molecule has 1 aliphatic carbocycles. The Kier molecular flexibility index (Phi) is 3.08. The van der Waals surface area contributed by atoms with E-state index in [2.05, 4.69) is 26.6 Å². The fourth-order valence-corrected chi connectivity index (χ4v) is 2.79. The summed E-state index contributed by atoms with van der Waals surface area (Å²) in [5.74, 6) is 3.08. The van der Waals surface area contributed by atoms with Gasteiger partial charge in [0.05, 0.1) is 19.9 Å². The first-order valence-electron chi connectivity index (χ1n) is 7.23. The Morgan fingerprint density at radius 3 is 2.57 bits per heavy atom. The Hall–Kier alpha value is -3.15. The topological polar surface area (TPSA) is 75.0 Å². The minimum absolute atomic E-state index is 0.710. The fraction of sp³-hybridized carbons (Fsp3) is 0.118. The summed E-state index contributed by atoms with van der Waals surface area (Å²) in [6.07, 6.45) is 1.75. The molecule has 2 heterocycles. The number of nitrogens with one attached hydrogen (secondary N) is 3. The molecular formula is C17H16N4O2. The first kappa shape index (κ1) is 13.5. The smallest absolute Gasteiger partial charge is 0.161 e. The van der Waals surface area contributed by atoms with Crippen LogP contribution >= 0.6 is 0 Å². The number of anilines is 2. The third kappa shape index (κ3) is 2.15. The van der Waals surface area contributed by atoms with Crippen molar-refractivity contribution < 1.29 is 9.47 Å². The molecule has 2 aromatic rings. The predicted molar refractivity (Wildman–Crippen MR) is 89.9 cm³/mol. The zero-order valence-corrected chi connectivity index (χ0v) is 12.8. The number of hydrogen-bond acceptors (Lipinski definition) is 4. The summed E-state index contributed by atoms with van der Waals surface area (Å²) in [6.45, 7) is 0. The Morgan fingerprint density at radius 1 is 1.00 bits per heavy atom. The minimum atomic E-state index is 0.710. The molecule has 6 heteroatoms. The number of fused-ring (bicyclic) bond motifs is 3. The molecular weight excluding hydrogens is 292 g/mol. The van der Waals surface area contributed by atoms with Crippen molar-refractivity contribution in [3.8, 4) is 22.8 Å². The van der Waals surface area contributed by atoms with Crippen LogP contribution in [0, 0.1) is 0 Å². The van der Waals surface area contributed by atoms with Crippen LogP contribution in [-0.4, -0.2) is 29.4 Å². The number of hydrogen-bond donors (Lipinski definition) is 3. The van der Waals surface area contributed by atoms with Gasteiger partial charge in [-0.2, -0.15) is 0 Å². The second kappa shape index (κ2) is 5.24. The van der Waals surface area contributed by atoms with Gasteiger partial charge in [0.2, 0.25) is 0 Å². The number of nitrogens with zero attached hydrogens (tertiary/aromatic N) is 1. The van der Waals surface area contributed by atoms with Crippen molar-refractivity contribution in [3.05, 3.63) is 42.6 Å². The monoisotopic (exact) mass is 308 g/mol. The molecule has 0 saturated carbocycles. The Balaban J connectivity index is 1.81. The molecule has 0 unspecified atom stereocenters. The number of rotatable bonds is 4. The maximum Gasteiger partial charge on any atom is 0.161 e. The normalized spacial score (nSPS) is 11.0. The molecule has 6 nitrogen and oxygen atoms in total. The molecule has 3 N–H and O–H groups in total. The standard InChI is InChI=1S/C17H16N4O2/c1-22-13-8-10-7-12-16(11(10)9-14(13)23-2)20-21-17(12)19-15-5-3-4-6-18-15/h3-9,20-21H,1-2H3,(H,18,19). The minimum Gasteiger partial charge on any atom is -0.493 e. The van der Waals surface area contributed by atoms with Crippen molar-refractivity contribution >= 4 is 22.4 Å². The maximum absolute atomic E-state index is 5.39. The van der Waals surface area contributed by atoms with E-state index < -0.39 is 0 Å². The number of benzene rings is 1. The molecule has 1 aromatic carbocycles. The summed E-state index contributed by atoms with van der Waals surface area (Å²) < 4.78 is 10.8. The van der Waals surface area contributed by atoms with Gasteiger partial charge in [-0.15, -0.1) is 0 Å². The van der Waals surface area contributed by atoms with Gasteiger partial charge in [-0.05, 0) is 35.7 Å². The van der Waals surface area contributed by atoms with E-state index in [0.29, 0.717) is 5.75 Å². The zero-order chi connectivity index (χ0) is 15.8. The van der Waals surface area contributed by atoms with Crippen molar-refractivity contribution in [2.24, 2.45) is 0 Å². The Bertz CT molecular complexity index is 927. The summed E-state index contributed by atoms with van der Waals surface area (Å²) in [4.78, 5) is 4.28. The summed E-state index contributed by atoms with van der Waals surface area (Å²) in [6, 6.07) is 11.8. The van der Waals surface area contributed by atoms with Crippen LogP contribution in [0.25, 0.3) is 22.0 Å². The highest BCUT2D eigenvalue weighted by Gasteiger charge is 2.19. The molecule has 0 spiro atoms. The van der Waals surface area contributed by atoms with Crippen LogP contribution in [0.3, 0.4) is 0 Å². The van der Waals surface area contributed by atoms with Gasteiger partial charge in [-0.3, -0.25) is 10.2 Å². The van der Waals surface area contributed by atoms with E-state index in [0.717, 1.165) is 39.4 Å². The van der Waals surface area contributed by atoms with E-state index in [9.17, 15) is 0 Å². The van der Waals surface area contributed by atoms with Crippen LogP contribution in [0.5, 0.6) is 11.5 Å². The number of methoxy groups -OCH3 is 2. The van der Waals surface area contributed by atoms with Gasteiger partial charge in [0.25, 0.3) is 0 Å². The van der Waals surface area contributed by atoms with Crippen LogP contribution in [-0.2, 0) is 0 Å². The average Bonchev–Trinajstić information content (AvgIpc) is 3.14. The van der Waals surface area contributed by atoms with E-state index in [1.165, 1.54) is 0 Å². The highest BCUT2D eigenvalue weighted by atomic mass is 16.5. The Labute approximate surface area is 132 Å². The largest absolute Gasteiger partial charge is 0.493 e. The van der Waals surface area contributed by atoms with E-state index >= 15 is 0 Å². The fourth-order valence-electron chi connectivity index (χ4n) is 2.79. The summed E-state index contributed by atoms with van der Waals surface area (Å²) in [7, 11) is 3.28. The molecule has 0 atom stereocenters. The summed E-state index contributed by atoms with van der Waals surface area (Å²) >= 11 is 0. The third-order valence-corrected chi connectivity index (χ3v) is 3.89. The van der Waals surface area contributed by atoms with Crippen LogP contribution in [0.15, 0.2) is 42.6 Å². The molecule has 1 aromatic heterocycles. The molecule has 1 aliphatic heterocycles. The van der Waals surface area contributed by atoms with E-state index in [4.69, 9.17) is 9.47 Å². The lowest BCUT2D eigenvalue weighted by atomic mass is 10.2. The SMILES string of the molecule is COc1cc2cc3c(Nc4ccccn4)[nH][nH]c-3c2cc1OC. The molecule has 0 saturated heterocycles. The van der Waals surface area contributed by atoms with Crippen molar-refractivity contribution in [2.75, 3.05) is 19.5 Å². The Morgan fingerprint density at radius 2 is 1.83 bits per heavy atom. The van der Waals surface area contributed by atoms with Crippen molar-refractivity contribution in [2.45, 2.75) is 0 Å². The van der Waals surface area contributed by atoms with Gasteiger partial charge in [-0.1, -0.05) is 6.07 Å². The molecule has 0 bridgehead atoms. The lowest BCUT2D eigenvalue weighted by Crippen LogP contribution is -1.93. The van der Waals surface area contributed by atoms with Gasteiger partial charge < -0.3 is 14.8 Å². The van der Waals surface area contributed by atoms with Crippen molar-refractivity contribution in [3.63, 3.8) is 0 Å². The van der Waals surface area contributed by atoms with Crippen LogP contribution in [0.1, 0.15) is 0 Å². The highest BCUT2D eigenvalue weighted by Crippen LogP contribution is 2.42. The first-order valence-corrected chi connectivity index (χ1v) is 7.23. The van der Waals surface area contributed by atoms with E-state index in [1.54, 1.807) is 20.4 Å². The van der Waals surface area contributed by atoms with Gasteiger partial charge in [-0.25, -0.2) is 4.98 Å². The highest BCUT2D eigenvalue weighted by molar-refractivity contribution is 6.05. The van der Waals surface area contributed by atoms with E-state index in [1.807, 2.05) is 30.3 Å². The van der Waals surface area contributed by atoms with Gasteiger partial charge in [0.1, 0.15) is 11.6 Å². The molecule has 0 radical (unpaired) electrons. The van der Waals surface area contributed by atoms with Crippen LogP contribution in [0.2, 0.25) is 0 Å². The quantitative estimate of drug-likeness (QED) is 0.536. The third-order valence-electron chi connectivity index (χ3n) is 3.89. The van der Waals surface area contributed by atoms with E-state index in [-0.39, 0.29) is 0 Å². The predicted octanol–water partition coefficient (Wildman–Crippen LogP) is 3.76. The second-order valence-electron chi connectivity index (χ2n) is 5.19. The molecule has 0 fully saturated rings. The second-order valence-corrected chi connectivity index (χ2v) is 5.19. The number of pyridine rings is 1. The summed E-state index contributed by atoms with van der Waals surface area (Å²) in [5, 5.41) is 11.8. The van der Waals surface area contributed by atoms with Gasteiger partial charge in [0.15, 0.2) is 11.5 Å². The molecule has 23 heavy (non-hydrogen) atoms. The van der Waals surface area contributed by atoms with Crippen LogP contribution < -0.4 is 14.8 Å². The molecule has 4 rings (SSSR count). The molecule has 116 valence electrons. The lowest BCUT2D eigenvalue weighted by Gasteiger charge is -2.07. The van der Waals surface area contributed by atoms with Crippen molar-refractivity contribution in [1.29, 1.82) is 0 Å². The van der Waals surface area contributed by atoms with Gasteiger partial charge in [0, 0.05) is 17.1 Å². The average molecular weight is 308 g/mol. The van der Waals surface area contributed by atoms with Crippen molar-refractivity contribution in [1.82, 2.24) is 15.2 Å². The summed E-state index contributed by atoms with van der Waals surface area (Å²) in [5.41, 5.74) is 2.07. The maximum atomic E-state index is 5.39. The molecule has 2 aliphatic rings. The zero-order valence-electron chi connectivity index (χ0n) is 12.8. The lowest BCUT2D eigenvalue weighted by molar-refractivity contribution is 0.356. The number of H-pyrrole nitrogens is 2. The number of aromatic amines is 2. The van der Waals surface area contributed by atoms with Gasteiger partial charge >= 0.3 is 0 Å². The first-order chi connectivity index (χ1) is 11.3. The number of aromatic nitrogens is 3.